The number of hydrogen-bond acceptors (Lipinski definition) is 3. The van der Waals surface area contributed by atoms with Crippen molar-refractivity contribution < 1.29 is 14.1 Å². The molecule has 1 aromatic rings. The molecule has 4 nitrogen and oxygen atoms in total. The van der Waals surface area contributed by atoms with Gasteiger partial charge in [-0.15, -0.1) is 0 Å². The summed E-state index contributed by atoms with van der Waals surface area (Å²) >= 11 is 0. The van der Waals surface area contributed by atoms with Crippen LogP contribution in [-0.4, -0.2) is 24.2 Å². The van der Waals surface area contributed by atoms with E-state index in [1.165, 1.54) is 0 Å². The number of benzene rings is 1. The van der Waals surface area contributed by atoms with Crippen molar-refractivity contribution >= 4 is 24.2 Å². The molecule has 0 bridgehead atoms. The second kappa shape index (κ2) is 4.83. The van der Waals surface area contributed by atoms with Gasteiger partial charge in [0.05, 0.1) is 11.2 Å². The predicted molar refractivity (Wildman–Crippen MR) is 88.1 cm³/mol. The summed E-state index contributed by atoms with van der Waals surface area (Å²) in [6.45, 7) is 10.1. The lowest BCUT2D eigenvalue weighted by Gasteiger charge is -2.32. The first-order chi connectivity index (χ1) is 10.1. The molecule has 1 heterocycles. The fourth-order valence-electron chi connectivity index (χ4n) is 2.47. The summed E-state index contributed by atoms with van der Waals surface area (Å²) in [4.78, 5) is 12.3. The Morgan fingerprint density at radius 3 is 2.14 bits per heavy atom. The highest BCUT2D eigenvalue weighted by Crippen LogP contribution is 2.45. The van der Waals surface area contributed by atoms with Crippen molar-refractivity contribution in [3.63, 3.8) is 0 Å². The van der Waals surface area contributed by atoms with Crippen molar-refractivity contribution in [2.45, 2.75) is 58.7 Å². The van der Waals surface area contributed by atoms with Gasteiger partial charge in [-0.2, -0.15) is 0 Å². The van der Waals surface area contributed by atoms with Crippen molar-refractivity contribution in [2.75, 3.05) is 5.32 Å². The number of amides is 1. The van der Waals surface area contributed by atoms with Gasteiger partial charge in [-0.25, -0.2) is 0 Å². The topological polar surface area (TPSA) is 47.6 Å². The zero-order chi connectivity index (χ0) is 16.2. The lowest BCUT2D eigenvalue weighted by atomic mass is 9.77. The summed E-state index contributed by atoms with van der Waals surface area (Å²) in [6, 6.07) is 7.71. The lowest BCUT2D eigenvalue weighted by Crippen LogP contribution is -2.41. The highest BCUT2D eigenvalue weighted by molar-refractivity contribution is 6.64. The summed E-state index contributed by atoms with van der Waals surface area (Å²) in [6.07, 6.45) is 1.91. The van der Waals surface area contributed by atoms with Gasteiger partial charge in [0.15, 0.2) is 0 Å². The molecule has 0 radical (unpaired) electrons. The standard InChI is InChI=1S/C17H24BNO3/c1-15(2)16(3,4)22-18(21-15)12-8-6-7-9-13(12)19-14(20)17(5)10-11-17/h6-9H,10-11H2,1-5H3,(H,19,20). The number of anilines is 1. The monoisotopic (exact) mass is 301 g/mol. The Hall–Kier alpha value is -1.33. The molecule has 3 rings (SSSR count). The summed E-state index contributed by atoms with van der Waals surface area (Å²) < 4.78 is 12.2. The lowest BCUT2D eigenvalue weighted by molar-refractivity contribution is -0.120. The van der Waals surface area contributed by atoms with Crippen LogP contribution < -0.4 is 10.8 Å². The molecule has 22 heavy (non-hydrogen) atoms. The van der Waals surface area contributed by atoms with Gasteiger partial charge < -0.3 is 14.6 Å². The Balaban J connectivity index is 1.85. The maximum absolute atomic E-state index is 12.3. The minimum absolute atomic E-state index is 0.0801. The van der Waals surface area contributed by atoms with E-state index >= 15 is 0 Å². The number of carbonyl (C=O) groups is 1. The van der Waals surface area contributed by atoms with Crippen molar-refractivity contribution in [1.29, 1.82) is 0 Å². The number of rotatable bonds is 3. The number of carbonyl (C=O) groups excluding carboxylic acids is 1. The van der Waals surface area contributed by atoms with E-state index in [0.29, 0.717) is 0 Å². The van der Waals surface area contributed by atoms with Gasteiger partial charge in [0.25, 0.3) is 0 Å². The quantitative estimate of drug-likeness (QED) is 0.873. The average Bonchev–Trinajstić information content (AvgIpc) is 3.12. The van der Waals surface area contributed by atoms with Crippen LogP contribution in [0.5, 0.6) is 0 Å². The van der Waals surface area contributed by atoms with Crippen LogP contribution in [0.25, 0.3) is 0 Å². The SMILES string of the molecule is CC1(C(=O)Nc2ccccc2B2OC(C)(C)C(C)(C)O2)CC1. The maximum Gasteiger partial charge on any atom is 0.496 e. The van der Waals surface area contributed by atoms with E-state index in [0.717, 1.165) is 24.0 Å². The zero-order valence-electron chi connectivity index (χ0n) is 14.0. The van der Waals surface area contributed by atoms with Gasteiger partial charge in [-0.05, 0) is 46.6 Å². The van der Waals surface area contributed by atoms with E-state index in [9.17, 15) is 4.79 Å². The van der Waals surface area contributed by atoms with Gasteiger partial charge in [0.1, 0.15) is 0 Å². The van der Waals surface area contributed by atoms with E-state index in [4.69, 9.17) is 9.31 Å². The molecule has 1 N–H and O–H groups in total. The van der Waals surface area contributed by atoms with E-state index in [2.05, 4.69) is 5.32 Å². The molecule has 0 spiro atoms. The number of hydrogen-bond donors (Lipinski definition) is 1. The molecule has 2 aliphatic rings. The largest absolute Gasteiger partial charge is 0.496 e. The second-order valence-electron chi connectivity index (χ2n) is 7.69. The Morgan fingerprint density at radius 2 is 1.59 bits per heavy atom. The number of para-hydroxylation sites is 1. The third-order valence-corrected chi connectivity index (χ3v) is 5.26. The summed E-state index contributed by atoms with van der Waals surface area (Å²) in [5.74, 6) is 0.0801. The van der Waals surface area contributed by atoms with Crippen LogP contribution in [0.3, 0.4) is 0 Å². The number of nitrogens with one attached hydrogen (secondary N) is 1. The molecular formula is C17H24BNO3. The minimum atomic E-state index is -0.464. The van der Waals surface area contributed by atoms with Crippen LogP contribution in [0.4, 0.5) is 5.69 Å². The molecule has 1 aliphatic carbocycles. The van der Waals surface area contributed by atoms with Crippen molar-refractivity contribution in [2.24, 2.45) is 5.41 Å². The van der Waals surface area contributed by atoms with Crippen LogP contribution >= 0.6 is 0 Å². The van der Waals surface area contributed by atoms with E-state index in [1.807, 2.05) is 58.9 Å². The summed E-state index contributed by atoms with van der Waals surface area (Å²) in [5.41, 5.74) is 0.662. The Labute approximate surface area is 132 Å². The van der Waals surface area contributed by atoms with Gasteiger partial charge in [-0.1, -0.05) is 25.1 Å². The second-order valence-corrected chi connectivity index (χ2v) is 7.69. The summed E-state index contributed by atoms with van der Waals surface area (Å²) in [5, 5.41) is 3.05. The van der Waals surface area contributed by atoms with Crippen LogP contribution in [0.2, 0.25) is 0 Å². The molecule has 1 aliphatic heterocycles. The first-order valence-electron chi connectivity index (χ1n) is 7.91. The van der Waals surface area contributed by atoms with Crippen LogP contribution in [-0.2, 0) is 14.1 Å². The molecule has 0 unspecified atom stereocenters. The third kappa shape index (κ3) is 2.57. The first kappa shape index (κ1) is 15.6. The Kier molecular flexibility index (Phi) is 3.42. The molecular weight excluding hydrogens is 277 g/mol. The van der Waals surface area contributed by atoms with Crippen LogP contribution in [0, 0.1) is 5.41 Å². The van der Waals surface area contributed by atoms with Gasteiger partial charge in [0.2, 0.25) is 5.91 Å². The van der Waals surface area contributed by atoms with E-state index in [1.54, 1.807) is 0 Å². The molecule has 118 valence electrons. The third-order valence-electron chi connectivity index (χ3n) is 5.26. The average molecular weight is 301 g/mol. The fraction of sp³-hybridized carbons (Fsp3) is 0.588. The van der Waals surface area contributed by atoms with Gasteiger partial charge in [-0.3, -0.25) is 4.79 Å². The predicted octanol–water partition coefficient (Wildman–Crippen LogP) is 2.72. The Morgan fingerprint density at radius 1 is 1.05 bits per heavy atom. The normalized spacial score (nSPS) is 24.1. The van der Waals surface area contributed by atoms with Crippen molar-refractivity contribution in [3.05, 3.63) is 24.3 Å². The molecule has 0 atom stereocenters. The zero-order valence-corrected chi connectivity index (χ0v) is 14.0. The van der Waals surface area contributed by atoms with Crippen molar-refractivity contribution in [1.82, 2.24) is 0 Å². The van der Waals surface area contributed by atoms with Gasteiger partial charge in [0, 0.05) is 16.6 Å². The highest BCUT2D eigenvalue weighted by Gasteiger charge is 2.52. The molecule has 1 saturated carbocycles. The molecule has 1 aromatic carbocycles. The van der Waals surface area contributed by atoms with Crippen LogP contribution in [0.1, 0.15) is 47.5 Å². The van der Waals surface area contributed by atoms with E-state index < -0.39 is 18.3 Å². The maximum atomic E-state index is 12.3. The van der Waals surface area contributed by atoms with E-state index in [-0.39, 0.29) is 11.3 Å². The van der Waals surface area contributed by atoms with Crippen molar-refractivity contribution in [3.8, 4) is 0 Å². The molecule has 5 heteroatoms. The fourth-order valence-corrected chi connectivity index (χ4v) is 2.47. The first-order valence-corrected chi connectivity index (χ1v) is 7.91. The Bertz CT molecular complexity index is 592. The molecule has 1 saturated heterocycles. The smallest absolute Gasteiger partial charge is 0.399 e. The summed E-state index contributed by atoms with van der Waals surface area (Å²) in [7, 11) is -0.464. The minimum Gasteiger partial charge on any atom is -0.399 e. The van der Waals surface area contributed by atoms with Gasteiger partial charge >= 0.3 is 7.12 Å². The molecule has 0 aromatic heterocycles. The molecule has 2 fully saturated rings. The van der Waals surface area contributed by atoms with Crippen LogP contribution in [0.15, 0.2) is 24.3 Å². The highest BCUT2D eigenvalue weighted by atomic mass is 16.7. The molecule has 1 amide bonds.